The molecule has 0 aliphatic rings. The monoisotopic (exact) mass is 317 g/mol. The van der Waals surface area contributed by atoms with Gasteiger partial charge in [-0.3, -0.25) is 14.9 Å². The van der Waals surface area contributed by atoms with Crippen LogP contribution in [-0.4, -0.2) is 17.5 Å². The van der Waals surface area contributed by atoms with E-state index >= 15 is 0 Å². The number of hydrogen-bond donors (Lipinski definition) is 1. The van der Waals surface area contributed by atoms with Crippen LogP contribution in [0.15, 0.2) is 24.3 Å². The van der Waals surface area contributed by atoms with Gasteiger partial charge in [-0.25, -0.2) is 0 Å². The van der Waals surface area contributed by atoms with E-state index in [1.807, 2.05) is 0 Å². The highest BCUT2D eigenvalue weighted by Gasteiger charge is 2.53. The summed E-state index contributed by atoms with van der Waals surface area (Å²) in [5.74, 6) is -1.76. The maximum Gasteiger partial charge on any atom is 0.329 e. The van der Waals surface area contributed by atoms with Gasteiger partial charge in [0.15, 0.2) is 16.0 Å². The van der Waals surface area contributed by atoms with Gasteiger partial charge in [-0.15, -0.1) is 15.5 Å². The first-order valence-corrected chi connectivity index (χ1v) is 7.19. The Labute approximate surface area is 112 Å². The highest BCUT2D eigenvalue weighted by molar-refractivity contribution is 8.34. The van der Waals surface area contributed by atoms with E-state index in [0.29, 0.717) is 12.1 Å². The quantitative estimate of drug-likeness (QED) is 0.295. The number of carbonyl (C=O) groups is 1. The van der Waals surface area contributed by atoms with Crippen LogP contribution in [0.2, 0.25) is 0 Å². The van der Waals surface area contributed by atoms with E-state index in [0.717, 1.165) is 12.1 Å². The van der Waals surface area contributed by atoms with Crippen LogP contribution in [0.4, 0.5) is 21.2 Å². The van der Waals surface area contributed by atoms with Gasteiger partial charge in [-0.2, -0.15) is 0 Å². The average molecular weight is 317 g/mol. The molecule has 0 N–H and O–H groups in total. The van der Waals surface area contributed by atoms with Gasteiger partial charge in [-0.05, 0) is 12.5 Å². The average Bonchev–Trinajstić information content (AvgIpc) is 2.27. The van der Waals surface area contributed by atoms with Crippen molar-refractivity contribution in [2.24, 2.45) is 0 Å². The SMILES string of the molecule is CCOC(=O)C(c1ccc([N+](=O)[O-])cc1)[SH](F)(F)(F)F. The number of benzene rings is 1. The van der Waals surface area contributed by atoms with Crippen molar-refractivity contribution in [1.29, 1.82) is 0 Å². The van der Waals surface area contributed by atoms with Crippen LogP contribution in [0.1, 0.15) is 17.7 Å². The predicted molar refractivity (Wildman–Crippen MR) is 65.9 cm³/mol. The van der Waals surface area contributed by atoms with Crippen LogP contribution in [0.3, 0.4) is 0 Å². The molecule has 0 aliphatic carbocycles. The van der Waals surface area contributed by atoms with Gasteiger partial charge in [-0.1, -0.05) is 12.1 Å². The zero-order valence-electron chi connectivity index (χ0n) is 10.1. The van der Waals surface area contributed by atoms with E-state index < -0.39 is 38.1 Å². The van der Waals surface area contributed by atoms with Gasteiger partial charge >= 0.3 is 5.97 Å². The number of nitro groups is 1. The van der Waals surface area contributed by atoms with Gasteiger partial charge < -0.3 is 4.74 Å². The zero-order chi connectivity index (χ0) is 15.6. The van der Waals surface area contributed by atoms with Crippen molar-refractivity contribution in [3.8, 4) is 0 Å². The number of rotatable bonds is 5. The maximum atomic E-state index is 13.0. The standard InChI is InChI=1S/C10H11F4NO4S/c1-2-19-10(16)9(20(11,12,13)14)7-3-5-8(6-4-7)15(17)18/h3-6,9,20H,2H2,1H3. The largest absolute Gasteiger partial charge is 0.465 e. The Balaban J connectivity index is 3.25. The molecule has 0 saturated heterocycles. The van der Waals surface area contributed by atoms with Crippen molar-refractivity contribution < 1.29 is 30.0 Å². The van der Waals surface area contributed by atoms with Gasteiger partial charge in [0.1, 0.15) is 0 Å². The number of non-ortho nitro benzene ring substituents is 1. The zero-order valence-corrected chi connectivity index (χ0v) is 11.0. The lowest BCUT2D eigenvalue weighted by Crippen LogP contribution is -2.21. The summed E-state index contributed by atoms with van der Waals surface area (Å²) >= 11 is 0. The van der Waals surface area contributed by atoms with Gasteiger partial charge in [0.25, 0.3) is 5.69 Å². The van der Waals surface area contributed by atoms with E-state index in [1.54, 1.807) is 0 Å². The molecule has 5 nitrogen and oxygen atoms in total. The molecule has 1 atom stereocenters. The Hall–Kier alpha value is -1.84. The van der Waals surface area contributed by atoms with Crippen molar-refractivity contribution in [1.82, 2.24) is 0 Å². The minimum Gasteiger partial charge on any atom is -0.465 e. The summed E-state index contributed by atoms with van der Waals surface area (Å²) in [5.41, 5.74) is -1.19. The minimum atomic E-state index is -8.29. The van der Waals surface area contributed by atoms with Crippen molar-refractivity contribution in [3.63, 3.8) is 0 Å². The first kappa shape index (κ1) is 16.2. The molecule has 1 aromatic rings. The smallest absolute Gasteiger partial charge is 0.329 e. The molecular weight excluding hydrogens is 306 g/mol. The summed E-state index contributed by atoms with van der Waals surface area (Å²) in [6.45, 7) is 0.946. The van der Waals surface area contributed by atoms with Crippen molar-refractivity contribution in [2.45, 2.75) is 12.2 Å². The molecule has 20 heavy (non-hydrogen) atoms. The number of hydrogen-bond acceptors (Lipinski definition) is 4. The molecule has 10 heteroatoms. The van der Waals surface area contributed by atoms with Gasteiger partial charge in [0.05, 0.1) is 11.5 Å². The van der Waals surface area contributed by atoms with E-state index in [9.17, 15) is 30.5 Å². The molecule has 0 spiro atoms. The van der Waals surface area contributed by atoms with Crippen molar-refractivity contribution in [3.05, 3.63) is 39.9 Å². The van der Waals surface area contributed by atoms with Crippen LogP contribution in [0.25, 0.3) is 0 Å². The third-order valence-electron chi connectivity index (χ3n) is 2.32. The number of carbonyl (C=O) groups excluding carboxylic acids is 1. The lowest BCUT2D eigenvalue weighted by molar-refractivity contribution is -0.384. The lowest BCUT2D eigenvalue weighted by Gasteiger charge is -2.35. The molecule has 0 bridgehead atoms. The Morgan fingerprint density at radius 3 is 2.15 bits per heavy atom. The minimum absolute atomic E-state index is 0.338. The van der Waals surface area contributed by atoms with Crippen LogP contribution in [0, 0.1) is 10.1 Å². The molecule has 0 heterocycles. The molecule has 0 fully saturated rings. The number of nitrogens with zero attached hydrogens (tertiary/aromatic N) is 1. The molecule has 1 rings (SSSR count). The first-order chi connectivity index (χ1) is 9.03. The second-order valence-corrected chi connectivity index (χ2v) is 5.84. The molecular formula is C10H11F4NO4S. The second-order valence-electron chi connectivity index (χ2n) is 3.78. The molecule has 0 radical (unpaired) electrons. The molecule has 0 saturated carbocycles. The number of nitro benzene ring substituents is 1. The molecule has 0 aliphatic heterocycles. The Bertz CT molecular complexity index is 519. The number of thiol groups is 1. The van der Waals surface area contributed by atoms with Crippen LogP contribution in [0.5, 0.6) is 0 Å². The first-order valence-electron chi connectivity index (χ1n) is 5.33. The number of esters is 1. The summed E-state index contributed by atoms with van der Waals surface area (Å²) in [7, 11) is -8.29. The summed E-state index contributed by atoms with van der Waals surface area (Å²) in [4.78, 5) is 20.9. The highest BCUT2D eigenvalue weighted by atomic mass is 32.4. The van der Waals surface area contributed by atoms with Crippen molar-refractivity contribution in [2.75, 3.05) is 6.61 Å². The number of halogens is 4. The molecule has 0 aromatic heterocycles. The van der Waals surface area contributed by atoms with Gasteiger partial charge in [0.2, 0.25) is 0 Å². The fourth-order valence-electron chi connectivity index (χ4n) is 1.52. The number of ether oxygens (including phenoxy) is 1. The normalized spacial score (nSPS) is 14.9. The van der Waals surface area contributed by atoms with E-state index in [2.05, 4.69) is 4.74 Å². The summed E-state index contributed by atoms with van der Waals surface area (Å²) < 4.78 is 56.0. The third kappa shape index (κ3) is 3.83. The maximum absolute atomic E-state index is 13.0. The second kappa shape index (κ2) is 5.27. The summed E-state index contributed by atoms with van der Waals surface area (Å²) in [6.07, 6.45) is 0. The Kier molecular flexibility index (Phi) is 4.27. The summed E-state index contributed by atoms with van der Waals surface area (Å²) in [5, 5.41) is 7.38. The van der Waals surface area contributed by atoms with E-state index in [4.69, 9.17) is 0 Å². The summed E-state index contributed by atoms with van der Waals surface area (Å²) in [6, 6.07) is 2.92. The van der Waals surface area contributed by atoms with Crippen molar-refractivity contribution >= 4 is 22.4 Å². The fraction of sp³-hybridized carbons (Fsp3) is 0.300. The fourth-order valence-corrected chi connectivity index (χ4v) is 2.54. The Morgan fingerprint density at radius 1 is 1.30 bits per heavy atom. The van der Waals surface area contributed by atoms with Crippen LogP contribution in [-0.2, 0) is 9.53 Å². The van der Waals surface area contributed by atoms with E-state index in [-0.39, 0.29) is 6.61 Å². The highest BCUT2D eigenvalue weighted by Crippen LogP contribution is 2.84. The molecule has 0 amide bonds. The van der Waals surface area contributed by atoms with Crippen LogP contribution < -0.4 is 0 Å². The predicted octanol–water partition coefficient (Wildman–Crippen LogP) is 3.81. The van der Waals surface area contributed by atoms with E-state index in [1.165, 1.54) is 6.92 Å². The molecule has 1 aromatic carbocycles. The lowest BCUT2D eigenvalue weighted by atomic mass is 10.1. The molecule has 1 unspecified atom stereocenters. The van der Waals surface area contributed by atoms with Gasteiger partial charge in [0, 0.05) is 12.1 Å². The third-order valence-corrected chi connectivity index (χ3v) is 3.61. The topological polar surface area (TPSA) is 69.4 Å². The van der Waals surface area contributed by atoms with Crippen LogP contribution >= 0.6 is 10.7 Å². The Morgan fingerprint density at radius 2 is 1.80 bits per heavy atom. The molecule has 114 valence electrons.